The Balaban J connectivity index is 3.67. The monoisotopic (exact) mass is 262 g/mol. The summed E-state index contributed by atoms with van der Waals surface area (Å²) in [6, 6.07) is -0.316. The Kier molecular flexibility index (Phi) is 3.32. The second kappa shape index (κ2) is 4.08. The van der Waals surface area contributed by atoms with Crippen LogP contribution in [0.5, 0.6) is 0 Å². The first kappa shape index (κ1) is 13.0. The second-order valence-electron chi connectivity index (χ2n) is 2.96. The van der Waals surface area contributed by atoms with Gasteiger partial charge in [0.2, 0.25) is 0 Å². The highest BCUT2D eigenvalue weighted by molar-refractivity contribution is 6.08. The predicted molar refractivity (Wildman–Crippen MR) is 44.9 cm³/mol. The number of alkyl halides is 3. The molecule has 0 bridgehead atoms. The van der Waals surface area contributed by atoms with Gasteiger partial charge in [0, 0.05) is 15.8 Å². The van der Waals surface area contributed by atoms with E-state index in [-0.39, 0.29) is 16.3 Å². The summed E-state index contributed by atoms with van der Waals surface area (Å²) in [4.78, 5) is 0. The van der Waals surface area contributed by atoms with Gasteiger partial charge >= 0.3 is 6.18 Å². The molecular formula is C8H5F7Si. The van der Waals surface area contributed by atoms with E-state index < -0.39 is 40.6 Å². The largest absolute Gasteiger partial charge is 0.422 e. The molecule has 0 spiro atoms. The first-order chi connectivity index (χ1) is 7.21. The van der Waals surface area contributed by atoms with Crippen LogP contribution < -0.4 is 0 Å². The molecule has 0 amide bonds. The molecule has 0 fully saturated rings. The smallest absolute Gasteiger partial charge is 0.203 e. The lowest BCUT2D eigenvalue weighted by atomic mass is 10.1. The Morgan fingerprint density at radius 3 is 1.44 bits per heavy atom. The minimum Gasteiger partial charge on any atom is -0.203 e. The van der Waals surface area contributed by atoms with Gasteiger partial charge in [-0.1, -0.05) is 0 Å². The van der Waals surface area contributed by atoms with Gasteiger partial charge in [-0.15, -0.1) is 0 Å². The van der Waals surface area contributed by atoms with Crippen LogP contribution in [0.2, 0.25) is 0 Å². The van der Waals surface area contributed by atoms with Gasteiger partial charge in [0.05, 0.1) is 0 Å². The summed E-state index contributed by atoms with van der Waals surface area (Å²) < 4.78 is 88.0. The molecule has 0 aliphatic rings. The van der Waals surface area contributed by atoms with Crippen LogP contribution in [0.1, 0.15) is 11.1 Å². The Morgan fingerprint density at radius 2 is 1.19 bits per heavy atom. The van der Waals surface area contributed by atoms with Crippen LogP contribution in [0.4, 0.5) is 30.7 Å². The molecule has 90 valence electrons. The van der Waals surface area contributed by atoms with Crippen molar-refractivity contribution in [2.75, 3.05) is 0 Å². The van der Waals surface area contributed by atoms with Crippen molar-refractivity contribution in [1.29, 1.82) is 0 Å². The fraction of sp³-hybridized carbons (Fsp3) is 0.250. The van der Waals surface area contributed by atoms with Crippen molar-refractivity contribution in [3.8, 4) is 0 Å². The average Bonchev–Trinajstić information content (AvgIpc) is 2.14. The van der Waals surface area contributed by atoms with E-state index in [1.54, 1.807) is 0 Å². The van der Waals surface area contributed by atoms with E-state index in [0.29, 0.717) is 0 Å². The van der Waals surface area contributed by atoms with E-state index in [4.69, 9.17) is 0 Å². The maximum absolute atomic E-state index is 13.0. The van der Waals surface area contributed by atoms with Gasteiger partial charge in [-0.05, 0) is 6.04 Å². The molecule has 0 radical (unpaired) electrons. The molecule has 16 heavy (non-hydrogen) atoms. The first-order valence-electron chi connectivity index (χ1n) is 4.13. The molecule has 0 unspecified atom stereocenters. The SMILES string of the molecule is Fc1c(F)c(C(F)(F)F)c(F)c(F)c1C[SiH3]. The van der Waals surface area contributed by atoms with Gasteiger partial charge in [0.15, 0.2) is 23.3 Å². The average molecular weight is 262 g/mol. The third-order valence-electron chi connectivity index (χ3n) is 1.99. The third kappa shape index (κ3) is 1.93. The molecular weight excluding hydrogens is 257 g/mol. The fourth-order valence-corrected chi connectivity index (χ4v) is 1.86. The Labute approximate surface area is 88.5 Å². The van der Waals surface area contributed by atoms with Crippen molar-refractivity contribution < 1.29 is 30.7 Å². The topological polar surface area (TPSA) is 0 Å². The molecule has 0 aliphatic heterocycles. The molecule has 0 nitrogen and oxygen atoms in total. The van der Waals surface area contributed by atoms with Crippen molar-refractivity contribution in [1.82, 2.24) is 0 Å². The summed E-state index contributed by atoms with van der Waals surface area (Å²) in [5.41, 5.74) is -3.50. The van der Waals surface area contributed by atoms with Crippen molar-refractivity contribution in [3.05, 3.63) is 34.4 Å². The number of hydrogen-bond acceptors (Lipinski definition) is 0. The fourth-order valence-electron chi connectivity index (χ4n) is 1.24. The minimum atomic E-state index is -5.47. The summed E-state index contributed by atoms with van der Waals surface area (Å²) in [6.45, 7) is 0. The van der Waals surface area contributed by atoms with Crippen LogP contribution in [0, 0.1) is 23.3 Å². The van der Waals surface area contributed by atoms with Crippen LogP contribution in [-0.4, -0.2) is 10.2 Å². The summed E-state index contributed by atoms with van der Waals surface area (Å²) in [6.07, 6.45) is -5.47. The second-order valence-corrected chi connectivity index (χ2v) is 3.67. The lowest BCUT2D eigenvalue weighted by Crippen LogP contribution is -2.17. The summed E-state index contributed by atoms with van der Waals surface area (Å²) in [7, 11) is 0.162. The van der Waals surface area contributed by atoms with E-state index in [0.717, 1.165) is 0 Å². The molecule has 0 saturated carbocycles. The molecule has 0 aliphatic carbocycles. The zero-order chi connectivity index (χ0) is 12.7. The normalized spacial score (nSPS) is 12.2. The minimum absolute atomic E-state index is 0.162. The highest BCUT2D eigenvalue weighted by Gasteiger charge is 2.41. The molecule has 0 saturated heterocycles. The van der Waals surface area contributed by atoms with Crippen LogP contribution >= 0.6 is 0 Å². The number of hydrogen-bond donors (Lipinski definition) is 0. The predicted octanol–water partition coefficient (Wildman–Crippen LogP) is 2.13. The maximum Gasteiger partial charge on any atom is 0.422 e. The summed E-state index contributed by atoms with van der Waals surface area (Å²) >= 11 is 0. The van der Waals surface area contributed by atoms with Gasteiger partial charge in [-0.25, -0.2) is 17.6 Å². The Hall–Kier alpha value is -1.05. The molecule has 0 heterocycles. The van der Waals surface area contributed by atoms with E-state index in [1.165, 1.54) is 0 Å². The number of benzene rings is 1. The maximum atomic E-state index is 13.0. The van der Waals surface area contributed by atoms with Gasteiger partial charge in [0.25, 0.3) is 0 Å². The highest BCUT2D eigenvalue weighted by Crippen LogP contribution is 2.36. The van der Waals surface area contributed by atoms with Gasteiger partial charge in [-0.2, -0.15) is 13.2 Å². The molecule has 0 N–H and O–H groups in total. The summed E-state index contributed by atoms with van der Waals surface area (Å²) in [5.74, 6) is -8.73. The van der Waals surface area contributed by atoms with E-state index in [9.17, 15) is 30.7 Å². The molecule has 8 heteroatoms. The Morgan fingerprint density at radius 1 is 0.812 bits per heavy atom. The van der Waals surface area contributed by atoms with Gasteiger partial charge in [-0.3, -0.25) is 0 Å². The van der Waals surface area contributed by atoms with Crippen molar-refractivity contribution in [2.24, 2.45) is 0 Å². The number of rotatable bonds is 1. The van der Waals surface area contributed by atoms with E-state index in [2.05, 4.69) is 0 Å². The Bertz CT molecular complexity index is 394. The van der Waals surface area contributed by atoms with Crippen molar-refractivity contribution >= 4 is 10.2 Å². The van der Waals surface area contributed by atoms with E-state index >= 15 is 0 Å². The third-order valence-corrected chi connectivity index (χ3v) is 2.70. The molecule has 0 atom stereocenters. The molecule has 1 rings (SSSR count). The first-order valence-corrected chi connectivity index (χ1v) is 5.55. The standard InChI is InChI=1S/C8H5F7Si/c9-4-2(1-16)5(10)7(12)3(6(4)11)8(13,14)15/h1H2,16H3. The van der Waals surface area contributed by atoms with Gasteiger partial charge in [0.1, 0.15) is 5.56 Å². The highest BCUT2D eigenvalue weighted by atomic mass is 28.1. The van der Waals surface area contributed by atoms with Crippen molar-refractivity contribution in [2.45, 2.75) is 12.2 Å². The van der Waals surface area contributed by atoms with Gasteiger partial charge < -0.3 is 0 Å². The van der Waals surface area contributed by atoms with Crippen LogP contribution in [0.15, 0.2) is 0 Å². The molecule has 1 aromatic rings. The van der Waals surface area contributed by atoms with Crippen LogP contribution in [0.3, 0.4) is 0 Å². The lowest BCUT2D eigenvalue weighted by Gasteiger charge is -2.13. The zero-order valence-electron chi connectivity index (χ0n) is 7.85. The number of halogens is 7. The quantitative estimate of drug-likeness (QED) is 0.413. The van der Waals surface area contributed by atoms with E-state index in [1.807, 2.05) is 0 Å². The van der Waals surface area contributed by atoms with Crippen LogP contribution in [0.25, 0.3) is 0 Å². The van der Waals surface area contributed by atoms with Crippen LogP contribution in [-0.2, 0) is 12.2 Å². The lowest BCUT2D eigenvalue weighted by molar-refractivity contribution is -0.143. The molecule has 0 aromatic heterocycles. The van der Waals surface area contributed by atoms with Crippen molar-refractivity contribution in [3.63, 3.8) is 0 Å². The zero-order valence-corrected chi connectivity index (χ0v) is 9.85. The molecule has 1 aromatic carbocycles. The summed E-state index contributed by atoms with van der Waals surface area (Å²) in [5, 5.41) is 0.